The zero-order valence-electron chi connectivity index (χ0n) is 18.0. The van der Waals surface area contributed by atoms with Crippen LogP contribution in [0.4, 0.5) is 0 Å². The molecule has 166 valence electrons. The molecule has 1 aliphatic heterocycles. The number of ether oxygens (including phenoxy) is 3. The summed E-state index contributed by atoms with van der Waals surface area (Å²) in [6.45, 7) is 3.02. The molecule has 1 aliphatic rings. The molecule has 1 N–H and O–H groups in total. The van der Waals surface area contributed by atoms with Gasteiger partial charge in [-0.15, -0.1) is 0 Å². The Balaban J connectivity index is 2.15. The third kappa shape index (κ3) is 6.45. The van der Waals surface area contributed by atoms with Crippen molar-refractivity contribution in [3.8, 4) is 5.75 Å². The number of methoxy groups -OCH3 is 2. The number of unbranched alkanes of at least 4 members (excludes halogenated alkanes) is 1. The highest BCUT2D eigenvalue weighted by molar-refractivity contribution is 5.84. The molecule has 0 aliphatic carbocycles. The summed E-state index contributed by atoms with van der Waals surface area (Å²) < 4.78 is 15.4. The molecule has 30 heavy (non-hydrogen) atoms. The highest BCUT2D eigenvalue weighted by Crippen LogP contribution is 2.38. The van der Waals surface area contributed by atoms with Crippen molar-refractivity contribution >= 4 is 17.8 Å². The van der Waals surface area contributed by atoms with Crippen molar-refractivity contribution in [2.75, 3.05) is 40.5 Å². The Kier molecular flexibility index (Phi) is 9.60. The number of likely N-dealkylation sites (tertiary alicyclic amines) is 1. The molecule has 0 radical (unpaired) electrons. The molecular weight excluding hydrogens is 388 g/mol. The van der Waals surface area contributed by atoms with Crippen LogP contribution in [0.5, 0.6) is 5.75 Å². The number of nitrogens with one attached hydrogen (secondary N) is 1. The molecule has 1 aromatic rings. The summed E-state index contributed by atoms with van der Waals surface area (Å²) in [4.78, 5) is 39.2. The van der Waals surface area contributed by atoms with Gasteiger partial charge in [-0.05, 0) is 30.5 Å². The first-order valence-electron chi connectivity index (χ1n) is 10.4. The minimum absolute atomic E-state index is 0.0330. The minimum atomic E-state index is -0.528. The quantitative estimate of drug-likeness (QED) is 0.435. The molecule has 1 heterocycles. The average Bonchev–Trinajstić information content (AvgIpc) is 2.76. The van der Waals surface area contributed by atoms with Crippen LogP contribution in [-0.2, 0) is 23.9 Å². The first kappa shape index (κ1) is 23.7. The Labute approximate surface area is 177 Å². The maximum atomic E-state index is 12.9. The number of esters is 1. The van der Waals surface area contributed by atoms with Crippen molar-refractivity contribution in [3.05, 3.63) is 29.8 Å². The summed E-state index contributed by atoms with van der Waals surface area (Å²) in [6.07, 6.45) is 2.47. The number of carbonyl (C=O) groups is 3. The van der Waals surface area contributed by atoms with E-state index in [-0.39, 0.29) is 24.8 Å². The van der Waals surface area contributed by atoms with Crippen LogP contribution in [0.15, 0.2) is 24.3 Å². The number of rotatable bonds is 11. The van der Waals surface area contributed by atoms with Crippen molar-refractivity contribution in [2.45, 2.75) is 38.6 Å². The van der Waals surface area contributed by atoms with E-state index < -0.39 is 17.9 Å². The van der Waals surface area contributed by atoms with Crippen molar-refractivity contribution in [1.82, 2.24) is 10.2 Å². The van der Waals surface area contributed by atoms with Gasteiger partial charge in [0.15, 0.2) is 6.61 Å². The van der Waals surface area contributed by atoms with Gasteiger partial charge in [-0.1, -0.05) is 25.5 Å². The second kappa shape index (κ2) is 12.2. The summed E-state index contributed by atoms with van der Waals surface area (Å²) in [7, 11) is 3.13. The van der Waals surface area contributed by atoms with Gasteiger partial charge in [0.25, 0.3) is 5.91 Å². The van der Waals surface area contributed by atoms with Crippen molar-refractivity contribution in [2.24, 2.45) is 5.92 Å². The molecule has 1 saturated heterocycles. The summed E-state index contributed by atoms with van der Waals surface area (Å²) >= 11 is 0. The van der Waals surface area contributed by atoms with Crippen molar-refractivity contribution in [3.63, 3.8) is 0 Å². The fourth-order valence-electron chi connectivity index (χ4n) is 3.59. The summed E-state index contributed by atoms with van der Waals surface area (Å²) in [5.41, 5.74) is 0.853. The van der Waals surface area contributed by atoms with Crippen LogP contribution in [0.25, 0.3) is 0 Å². The molecule has 1 fully saturated rings. The third-order valence-electron chi connectivity index (χ3n) is 5.19. The fourth-order valence-corrected chi connectivity index (χ4v) is 3.59. The van der Waals surface area contributed by atoms with E-state index in [4.69, 9.17) is 14.2 Å². The predicted molar refractivity (Wildman–Crippen MR) is 111 cm³/mol. The number of piperidine rings is 1. The van der Waals surface area contributed by atoms with Crippen molar-refractivity contribution in [1.29, 1.82) is 0 Å². The van der Waals surface area contributed by atoms with Gasteiger partial charge in [0.05, 0.1) is 25.7 Å². The van der Waals surface area contributed by atoms with E-state index in [0.29, 0.717) is 31.9 Å². The molecule has 8 nitrogen and oxygen atoms in total. The van der Waals surface area contributed by atoms with Gasteiger partial charge >= 0.3 is 5.97 Å². The first-order chi connectivity index (χ1) is 14.5. The lowest BCUT2D eigenvalue weighted by Gasteiger charge is -2.40. The van der Waals surface area contributed by atoms with Crippen LogP contribution in [0.3, 0.4) is 0 Å². The average molecular weight is 421 g/mol. The topological polar surface area (TPSA) is 94.2 Å². The second-order valence-electron chi connectivity index (χ2n) is 7.25. The maximum Gasteiger partial charge on any atom is 0.311 e. The maximum absolute atomic E-state index is 12.9. The van der Waals surface area contributed by atoms with Gasteiger partial charge in [0, 0.05) is 26.6 Å². The standard InChI is InChI=1S/C22H32N2O6/c1-4-5-13-24-20(26)11-10-18(21(24)16-6-8-17(29-3)9-7-16)22(27)30-15-19(25)23-12-14-28-2/h6-9,18,21H,4-5,10-15H2,1-3H3,(H,23,25)/t18-,21+/m0/s1. The zero-order valence-corrected chi connectivity index (χ0v) is 18.0. The molecule has 2 amide bonds. The van der Waals surface area contributed by atoms with Gasteiger partial charge in [0.1, 0.15) is 5.75 Å². The molecule has 2 rings (SSSR count). The van der Waals surface area contributed by atoms with Gasteiger partial charge in [0.2, 0.25) is 5.91 Å². The van der Waals surface area contributed by atoms with Gasteiger partial charge in [-0.25, -0.2) is 0 Å². The molecule has 8 heteroatoms. The van der Waals surface area contributed by atoms with Crippen LogP contribution < -0.4 is 10.1 Å². The molecule has 0 spiro atoms. The Bertz CT molecular complexity index is 706. The number of nitrogens with zero attached hydrogens (tertiary/aromatic N) is 1. The zero-order chi connectivity index (χ0) is 21.9. The lowest BCUT2D eigenvalue weighted by molar-refractivity contribution is -0.159. The van der Waals surface area contributed by atoms with Crippen LogP contribution >= 0.6 is 0 Å². The van der Waals surface area contributed by atoms with Gasteiger partial charge in [-0.2, -0.15) is 0 Å². The summed E-state index contributed by atoms with van der Waals surface area (Å²) in [5, 5.41) is 2.62. The SMILES string of the molecule is CCCCN1C(=O)CC[C@H](C(=O)OCC(=O)NCCOC)[C@H]1c1ccc(OC)cc1. The summed E-state index contributed by atoms with van der Waals surface area (Å²) in [5.74, 6) is -0.638. The van der Waals surface area contributed by atoms with E-state index in [1.807, 2.05) is 24.3 Å². The van der Waals surface area contributed by atoms with Gasteiger partial charge < -0.3 is 24.4 Å². The Morgan fingerprint density at radius 3 is 2.57 bits per heavy atom. The van der Waals surface area contributed by atoms with E-state index in [2.05, 4.69) is 12.2 Å². The molecule has 0 saturated carbocycles. The number of amides is 2. The Morgan fingerprint density at radius 2 is 1.93 bits per heavy atom. The van der Waals surface area contributed by atoms with E-state index in [0.717, 1.165) is 18.4 Å². The number of benzene rings is 1. The smallest absolute Gasteiger partial charge is 0.311 e. The highest BCUT2D eigenvalue weighted by Gasteiger charge is 2.41. The molecular formula is C22H32N2O6. The monoisotopic (exact) mass is 420 g/mol. The van der Waals surface area contributed by atoms with Gasteiger partial charge in [-0.3, -0.25) is 14.4 Å². The van der Waals surface area contributed by atoms with E-state index >= 15 is 0 Å². The Hall–Kier alpha value is -2.61. The van der Waals surface area contributed by atoms with E-state index in [9.17, 15) is 14.4 Å². The molecule has 0 unspecified atom stereocenters. The van der Waals surface area contributed by atoms with Crippen LogP contribution in [0, 0.1) is 5.92 Å². The normalized spacial score (nSPS) is 18.8. The van der Waals surface area contributed by atoms with Crippen LogP contribution in [0.1, 0.15) is 44.2 Å². The number of carbonyl (C=O) groups excluding carboxylic acids is 3. The van der Waals surface area contributed by atoms with Crippen LogP contribution in [0.2, 0.25) is 0 Å². The largest absolute Gasteiger partial charge is 0.497 e. The van der Waals surface area contributed by atoms with E-state index in [1.165, 1.54) is 0 Å². The summed E-state index contributed by atoms with van der Waals surface area (Å²) in [6, 6.07) is 6.96. The molecule has 2 atom stereocenters. The third-order valence-corrected chi connectivity index (χ3v) is 5.19. The van der Waals surface area contributed by atoms with Crippen molar-refractivity contribution < 1.29 is 28.6 Å². The second-order valence-corrected chi connectivity index (χ2v) is 7.25. The van der Waals surface area contributed by atoms with E-state index in [1.54, 1.807) is 19.1 Å². The fraction of sp³-hybridized carbons (Fsp3) is 0.591. The minimum Gasteiger partial charge on any atom is -0.497 e. The molecule has 0 bridgehead atoms. The lowest BCUT2D eigenvalue weighted by atomic mass is 9.84. The molecule has 0 aromatic heterocycles. The number of hydrogen-bond donors (Lipinski definition) is 1. The highest BCUT2D eigenvalue weighted by atomic mass is 16.5. The van der Waals surface area contributed by atoms with Crippen LogP contribution in [-0.4, -0.2) is 63.2 Å². The lowest BCUT2D eigenvalue weighted by Crippen LogP contribution is -2.46. The number of hydrogen-bond acceptors (Lipinski definition) is 6. The predicted octanol–water partition coefficient (Wildman–Crippen LogP) is 2.08. The molecule has 1 aromatic carbocycles. The Morgan fingerprint density at radius 1 is 1.20 bits per heavy atom. The first-order valence-corrected chi connectivity index (χ1v) is 10.4.